The molecule has 1 fully saturated rings. The molecular formula is C22H30O5. The summed E-state index contributed by atoms with van der Waals surface area (Å²) in [5.74, 6) is -0.631. The number of aliphatic hydroxyl groups excluding tert-OH is 1. The van der Waals surface area contributed by atoms with Gasteiger partial charge in [0.1, 0.15) is 6.79 Å². The summed E-state index contributed by atoms with van der Waals surface area (Å²) in [5.41, 5.74) is 2.03. The van der Waals surface area contributed by atoms with Crippen LogP contribution in [0.2, 0.25) is 0 Å². The predicted octanol–water partition coefficient (Wildman–Crippen LogP) is 4.05. The Labute approximate surface area is 161 Å². The van der Waals surface area contributed by atoms with Gasteiger partial charge in [0.15, 0.2) is 11.5 Å². The second-order valence-corrected chi connectivity index (χ2v) is 8.87. The summed E-state index contributed by atoms with van der Waals surface area (Å²) < 4.78 is 10.2. The molecule has 3 aliphatic carbocycles. The summed E-state index contributed by atoms with van der Waals surface area (Å²) >= 11 is 0. The summed E-state index contributed by atoms with van der Waals surface area (Å²) in [6.45, 7) is 8.63. The molecule has 5 heteroatoms. The van der Waals surface area contributed by atoms with Gasteiger partial charge in [0, 0.05) is 36.0 Å². The molecule has 0 aromatic carbocycles. The topological polar surface area (TPSA) is 72.8 Å². The third kappa shape index (κ3) is 3.11. The number of rotatable bonds is 5. The highest BCUT2D eigenvalue weighted by atomic mass is 16.7. The zero-order valence-electron chi connectivity index (χ0n) is 17.0. The van der Waals surface area contributed by atoms with E-state index in [1.165, 1.54) is 0 Å². The summed E-state index contributed by atoms with van der Waals surface area (Å²) in [6.07, 6.45) is 4.79. The number of aliphatic hydroxyl groups is 1. The van der Waals surface area contributed by atoms with Crippen LogP contribution in [0.25, 0.3) is 0 Å². The van der Waals surface area contributed by atoms with E-state index in [1.54, 1.807) is 13.2 Å². The predicted molar refractivity (Wildman–Crippen MR) is 102 cm³/mol. The van der Waals surface area contributed by atoms with Crippen LogP contribution in [0, 0.1) is 16.7 Å². The smallest absolute Gasteiger partial charge is 0.223 e. The minimum Gasteiger partial charge on any atom is -0.504 e. The van der Waals surface area contributed by atoms with Crippen molar-refractivity contribution in [2.75, 3.05) is 20.5 Å². The Morgan fingerprint density at radius 3 is 2.59 bits per heavy atom. The maximum atomic E-state index is 13.1. The Morgan fingerprint density at radius 2 is 1.93 bits per heavy atom. The van der Waals surface area contributed by atoms with Crippen LogP contribution in [-0.4, -0.2) is 37.2 Å². The monoisotopic (exact) mass is 374 g/mol. The van der Waals surface area contributed by atoms with Crippen molar-refractivity contribution in [1.82, 2.24) is 0 Å². The fourth-order valence-corrected chi connectivity index (χ4v) is 5.54. The number of carbonyl (C=O) groups is 2. The third-order valence-electron chi connectivity index (χ3n) is 6.63. The molecule has 2 atom stereocenters. The Kier molecular flexibility index (Phi) is 5.21. The summed E-state index contributed by atoms with van der Waals surface area (Å²) in [5, 5.41) is 10.9. The average molecular weight is 374 g/mol. The average Bonchev–Trinajstić information content (AvgIpc) is 2.57. The molecule has 3 aliphatic rings. The van der Waals surface area contributed by atoms with E-state index in [9.17, 15) is 14.7 Å². The van der Waals surface area contributed by atoms with E-state index < -0.39 is 5.41 Å². The largest absolute Gasteiger partial charge is 0.504 e. The van der Waals surface area contributed by atoms with Gasteiger partial charge in [0.25, 0.3) is 0 Å². The number of allylic oxidation sites excluding steroid dienone is 5. The van der Waals surface area contributed by atoms with Gasteiger partial charge in [-0.05, 0) is 42.4 Å². The molecule has 0 heterocycles. The highest BCUT2D eigenvalue weighted by molar-refractivity contribution is 6.12. The molecule has 0 aromatic heterocycles. The van der Waals surface area contributed by atoms with Crippen LogP contribution >= 0.6 is 0 Å². The zero-order valence-corrected chi connectivity index (χ0v) is 17.0. The van der Waals surface area contributed by atoms with Crippen LogP contribution in [0.5, 0.6) is 0 Å². The number of methoxy groups -OCH3 is 1. The van der Waals surface area contributed by atoms with Crippen molar-refractivity contribution in [3.8, 4) is 0 Å². The first-order valence-electron chi connectivity index (χ1n) is 9.66. The van der Waals surface area contributed by atoms with Crippen molar-refractivity contribution in [3.05, 3.63) is 34.1 Å². The van der Waals surface area contributed by atoms with Gasteiger partial charge in [-0.3, -0.25) is 9.59 Å². The molecule has 0 aliphatic heterocycles. The lowest BCUT2D eigenvalue weighted by atomic mass is 9.49. The van der Waals surface area contributed by atoms with Gasteiger partial charge >= 0.3 is 0 Å². The van der Waals surface area contributed by atoms with Crippen molar-refractivity contribution in [3.63, 3.8) is 0 Å². The fourth-order valence-electron chi connectivity index (χ4n) is 5.54. The lowest BCUT2D eigenvalue weighted by molar-refractivity contribution is -0.130. The lowest BCUT2D eigenvalue weighted by Crippen LogP contribution is -2.50. The third-order valence-corrected chi connectivity index (χ3v) is 6.63. The minimum atomic E-state index is -0.512. The highest BCUT2D eigenvalue weighted by Gasteiger charge is 2.56. The van der Waals surface area contributed by atoms with E-state index in [2.05, 4.69) is 13.8 Å². The first-order chi connectivity index (χ1) is 12.6. The summed E-state index contributed by atoms with van der Waals surface area (Å²) in [7, 11) is 1.54. The minimum absolute atomic E-state index is 0.109. The molecule has 0 spiro atoms. The normalized spacial score (nSPS) is 30.3. The molecule has 0 aromatic rings. The number of fused-ring (bicyclic) bond motifs is 3. The van der Waals surface area contributed by atoms with Gasteiger partial charge in [-0.1, -0.05) is 27.2 Å². The van der Waals surface area contributed by atoms with Gasteiger partial charge < -0.3 is 14.6 Å². The van der Waals surface area contributed by atoms with Crippen molar-refractivity contribution in [2.45, 2.75) is 53.4 Å². The number of carbonyl (C=O) groups excluding carboxylic acids is 2. The maximum Gasteiger partial charge on any atom is 0.223 e. The fraction of sp³-hybridized carbons (Fsp3) is 0.636. The molecule has 27 heavy (non-hydrogen) atoms. The van der Waals surface area contributed by atoms with Crippen LogP contribution < -0.4 is 0 Å². The first kappa shape index (κ1) is 20.0. The van der Waals surface area contributed by atoms with E-state index in [0.29, 0.717) is 24.2 Å². The van der Waals surface area contributed by atoms with E-state index in [0.717, 1.165) is 30.4 Å². The molecule has 148 valence electrons. The quantitative estimate of drug-likeness (QED) is 0.580. The van der Waals surface area contributed by atoms with E-state index in [-0.39, 0.29) is 35.5 Å². The maximum absolute atomic E-state index is 13.1. The second-order valence-electron chi connectivity index (χ2n) is 8.87. The Morgan fingerprint density at radius 1 is 1.22 bits per heavy atom. The van der Waals surface area contributed by atoms with Crippen molar-refractivity contribution < 1.29 is 24.2 Å². The molecule has 0 radical (unpaired) electrons. The number of hydrogen-bond acceptors (Lipinski definition) is 5. The second kappa shape index (κ2) is 7.02. The molecule has 1 unspecified atom stereocenters. The van der Waals surface area contributed by atoms with Gasteiger partial charge in [-0.2, -0.15) is 0 Å². The zero-order chi connectivity index (χ0) is 20.0. The molecular weight excluding hydrogens is 344 g/mol. The molecule has 0 saturated heterocycles. The van der Waals surface area contributed by atoms with Gasteiger partial charge in [0.05, 0.1) is 6.61 Å². The first-order valence-corrected chi connectivity index (χ1v) is 9.66. The lowest BCUT2D eigenvalue weighted by Gasteiger charge is -2.53. The van der Waals surface area contributed by atoms with Gasteiger partial charge in [-0.15, -0.1) is 0 Å². The Bertz CT molecular complexity index is 768. The van der Waals surface area contributed by atoms with Crippen LogP contribution in [0.1, 0.15) is 53.4 Å². The Hall–Kier alpha value is -1.72. The molecule has 5 nitrogen and oxygen atoms in total. The van der Waals surface area contributed by atoms with Crippen LogP contribution in [0.3, 0.4) is 0 Å². The van der Waals surface area contributed by atoms with E-state index in [4.69, 9.17) is 9.47 Å². The molecule has 1 saturated carbocycles. The number of Topliss-reactive ketones (excluding diaryl/α,β-unsaturated/α-hetero) is 1. The van der Waals surface area contributed by atoms with Crippen LogP contribution in [0.15, 0.2) is 34.1 Å². The summed E-state index contributed by atoms with van der Waals surface area (Å²) in [4.78, 5) is 26.1. The van der Waals surface area contributed by atoms with Crippen molar-refractivity contribution >= 4 is 11.6 Å². The molecule has 0 amide bonds. The van der Waals surface area contributed by atoms with Crippen molar-refractivity contribution in [1.29, 1.82) is 0 Å². The van der Waals surface area contributed by atoms with Gasteiger partial charge in [-0.25, -0.2) is 0 Å². The highest BCUT2D eigenvalue weighted by Crippen LogP contribution is 2.60. The molecule has 3 rings (SSSR count). The van der Waals surface area contributed by atoms with E-state index >= 15 is 0 Å². The number of ketones is 2. The van der Waals surface area contributed by atoms with Gasteiger partial charge in [0.2, 0.25) is 5.78 Å². The molecule has 1 N–H and O–H groups in total. The Balaban J connectivity index is 2.06. The molecule has 0 bridgehead atoms. The standard InChI is InChI=1S/C22H30O5/c1-13-14(7-10-27-12-26-5)18(24)19(25)17-15(13)11-16(23)20-21(2,3)8-6-9-22(17,20)4/h11,20,25H,6-10,12H2,1-5H3/t20?,22-/m1/s1. The number of ether oxygens (including phenoxy) is 2. The SMILES string of the molecule is COCOCCC1=C(C)C2=CC(=O)C3C(C)(C)CCC[C@]3(C)C2=C(O)C1=O. The van der Waals surface area contributed by atoms with E-state index in [1.807, 2.05) is 13.8 Å². The number of hydrogen-bond donors (Lipinski definition) is 1. The van der Waals surface area contributed by atoms with Crippen LogP contribution in [0.4, 0.5) is 0 Å². The summed E-state index contributed by atoms with van der Waals surface area (Å²) in [6, 6.07) is 0. The van der Waals surface area contributed by atoms with Crippen molar-refractivity contribution in [2.24, 2.45) is 16.7 Å². The van der Waals surface area contributed by atoms with Crippen LogP contribution in [-0.2, 0) is 19.1 Å².